The molecule has 0 amide bonds. The molecule has 3 rings (SSSR count). The van der Waals surface area contributed by atoms with Crippen molar-refractivity contribution in [1.29, 1.82) is 0 Å². The van der Waals surface area contributed by atoms with Crippen LogP contribution in [0.4, 0.5) is 0 Å². The van der Waals surface area contributed by atoms with Gasteiger partial charge in [-0.15, -0.1) is 0 Å². The zero-order valence-electron chi connectivity index (χ0n) is 12.6. The monoisotopic (exact) mass is 346 g/mol. The maximum Gasteiger partial charge on any atom is 0.337 e. The lowest BCUT2D eigenvalue weighted by Gasteiger charge is -2.14. The highest BCUT2D eigenvalue weighted by Gasteiger charge is 2.25. The van der Waals surface area contributed by atoms with E-state index in [2.05, 4.69) is 9.71 Å². The Kier molecular flexibility index (Phi) is 4.08. The summed E-state index contributed by atoms with van der Waals surface area (Å²) in [5, 5.41) is 9.94. The van der Waals surface area contributed by atoms with E-state index in [0.717, 1.165) is 17.6 Å². The summed E-state index contributed by atoms with van der Waals surface area (Å²) < 4.78 is 33.0. The number of carboxylic acid groups (broad SMARTS) is 1. The average Bonchev–Trinajstić information content (AvgIpc) is 2.98. The molecule has 0 fully saturated rings. The van der Waals surface area contributed by atoms with Crippen molar-refractivity contribution in [3.05, 3.63) is 60.1 Å². The number of sulfonamides is 1. The molecule has 8 heteroatoms. The number of carboxylic acids is 1. The second kappa shape index (κ2) is 6.06. The Morgan fingerprint density at radius 1 is 1.29 bits per heavy atom. The van der Waals surface area contributed by atoms with Crippen molar-refractivity contribution < 1.29 is 22.7 Å². The molecule has 7 nitrogen and oxygen atoms in total. The molecule has 2 heterocycles. The third-order valence-electron chi connectivity index (χ3n) is 3.61. The summed E-state index contributed by atoms with van der Waals surface area (Å²) in [6.07, 6.45) is 3.74. The molecule has 0 aliphatic carbocycles. The van der Waals surface area contributed by atoms with Crippen LogP contribution in [0.3, 0.4) is 0 Å². The first-order valence-electron chi connectivity index (χ1n) is 7.06. The predicted molar refractivity (Wildman–Crippen MR) is 86.1 cm³/mol. The molecule has 1 unspecified atom stereocenters. The van der Waals surface area contributed by atoms with Crippen molar-refractivity contribution in [2.24, 2.45) is 0 Å². The molecule has 0 spiro atoms. The summed E-state index contributed by atoms with van der Waals surface area (Å²) in [7, 11) is -4.06. The first-order valence-corrected chi connectivity index (χ1v) is 8.54. The maximum absolute atomic E-state index is 12.6. The van der Waals surface area contributed by atoms with Gasteiger partial charge in [-0.3, -0.25) is 4.98 Å². The molecular formula is C16H14N2O5S. The number of furan rings is 1. The number of rotatable bonds is 5. The van der Waals surface area contributed by atoms with Gasteiger partial charge in [0, 0.05) is 29.4 Å². The molecule has 3 aromatic rings. The zero-order valence-corrected chi connectivity index (χ0v) is 13.4. The number of nitrogens with zero attached hydrogens (tertiary/aromatic N) is 1. The number of fused-ring (bicyclic) bond motifs is 1. The number of benzene rings is 1. The molecule has 124 valence electrons. The van der Waals surface area contributed by atoms with Crippen LogP contribution in [0.15, 0.2) is 58.3 Å². The second-order valence-electron chi connectivity index (χ2n) is 5.21. The predicted octanol–water partition coefficient (Wildman–Crippen LogP) is 2.57. The van der Waals surface area contributed by atoms with Gasteiger partial charge in [-0.1, -0.05) is 18.2 Å². The van der Waals surface area contributed by atoms with Crippen molar-refractivity contribution in [3.63, 3.8) is 0 Å². The summed E-state index contributed by atoms with van der Waals surface area (Å²) in [5.41, 5.74) is 0.975. The number of nitrogens with one attached hydrogen (secondary N) is 1. The molecular weight excluding hydrogens is 332 g/mol. The third kappa shape index (κ3) is 2.89. The fourth-order valence-electron chi connectivity index (χ4n) is 2.46. The molecule has 1 atom stereocenters. The van der Waals surface area contributed by atoms with Crippen LogP contribution in [0, 0.1) is 0 Å². The minimum absolute atomic E-state index is 0.332. The van der Waals surface area contributed by atoms with Gasteiger partial charge in [-0.2, -0.15) is 0 Å². The van der Waals surface area contributed by atoms with Gasteiger partial charge in [0.25, 0.3) is 0 Å². The molecule has 24 heavy (non-hydrogen) atoms. The van der Waals surface area contributed by atoms with Crippen LogP contribution in [-0.4, -0.2) is 24.5 Å². The van der Waals surface area contributed by atoms with Crippen LogP contribution in [0.5, 0.6) is 0 Å². The Labute approximate surface area is 138 Å². The van der Waals surface area contributed by atoms with Gasteiger partial charge >= 0.3 is 5.97 Å². The topological polar surface area (TPSA) is 110 Å². The lowest BCUT2D eigenvalue weighted by Crippen LogP contribution is -2.28. The van der Waals surface area contributed by atoms with E-state index in [1.165, 1.54) is 12.5 Å². The molecule has 1 aromatic carbocycles. The molecule has 2 aromatic heterocycles. The Balaban J connectivity index is 1.97. The van der Waals surface area contributed by atoms with Crippen LogP contribution in [0.25, 0.3) is 11.0 Å². The number of hydrogen-bond acceptors (Lipinski definition) is 5. The highest BCUT2D eigenvalue weighted by molar-refractivity contribution is 7.89. The van der Waals surface area contributed by atoms with Crippen LogP contribution in [0.2, 0.25) is 0 Å². The fraction of sp³-hybridized carbons (Fsp3) is 0.125. The van der Waals surface area contributed by atoms with E-state index in [4.69, 9.17) is 9.52 Å². The van der Waals surface area contributed by atoms with Crippen LogP contribution >= 0.6 is 0 Å². The van der Waals surface area contributed by atoms with Gasteiger partial charge in [0.15, 0.2) is 0 Å². The van der Waals surface area contributed by atoms with E-state index in [1.807, 2.05) is 18.2 Å². The lowest BCUT2D eigenvalue weighted by atomic mass is 10.1. The smallest absolute Gasteiger partial charge is 0.337 e. The van der Waals surface area contributed by atoms with Gasteiger partial charge in [-0.25, -0.2) is 17.9 Å². The van der Waals surface area contributed by atoms with Gasteiger partial charge in [-0.05, 0) is 19.1 Å². The second-order valence-corrected chi connectivity index (χ2v) is 6.89. The van der Waals surface area contributed by atoms with Crippen LogP contribution in [-0.2, 0) is 10.0 Å². The number of aromatic carboxylic acids is 1. The van der Waals surface area contributed by atoms with Gasteiger partial charge in [0.05, 0.1) is 11.8 Å². The summed E-state index contributed by atoms with van der Waals surface area (Å²) >= 11 is 0. The summed E-state index contributed by atoms with van der Waals surface area (Å²) in [6, 6.07) is 7.79. The van der Waals surface area contributed by atoms with E-state index in [0.29, 0.717) is 11.1 Å². The maximum atomic E-state index is 12.6. The standard InChI is InChI=1S/C16H14N2O5S/c1-10(13-9-23-14-5-3-2-4-11(13)14)18-24(21,22)15-8-17-7-6-12(15)16(19)20/h2-10,18H,1H3,(H,19,20). The van der Waals surface area contributed by atoms with E-state index in [1.54, 1.807) is 13.0 Å². The Bertz CT molecular complexity index is 1010. The van der Waals surface area contributed by atoms with Crippen molar-refractivity contribution in [2.75, 3.05) is 0 Å². The normalized spacial score (nSPS) is 13.0. The molecule has 0 aliphatic heterocycles. The number of para-hydroxylation sites is 1. The zero-order chi connectivity index (χ0) is 17.3. The Hall–Kier alpha value is -2.71. The fourth-order valence-corrected chi connectivity index (χ4v) is 3.83. The van der Waals surface area contributed by atoms with Crippen LogP contribution < -0.4 is 4.72 Å². The summed E-state index contributed by atoms with van der Waals surface area (Å²) in [6.45, 7) is 1.66. The average molecular weight is 346 g/mol. The SMILES string of the molecule is CC(NS(=O)(=O)c1cnccc1C(=O)O)c1coc2ccccc12. The molecule has 0 saturated heterocycles. The molecule has 0 aliphatic rings. The molecule has 0 saturated carbocycles. The minimum atomic E-state index is -4.06. The van der Waals surface area contributed by atoms with Gasteiger partial charge in [0.2, 0.25) is 10.0 Å². The number of aromatic nitrogens is 1. The van der Waals surface area contributed by atoms with Crippen molar-refractivity contribution >= 4 is 27.0 Å². The first kappa shape index (κ1) is 16.2. The van der Waals surface area contributed by atoms with Crippen molar-refractivity contribution in [2.45, 2.75) is 17.9 Å². The molecule has 0 radical (unpaired) electrons. The quantitative estimate of drug-likeness (QED) is 0.735. The van der Waals surface area contributed by atoms with Gasteiger partial charge in [0.1, 0.15) is 10.5 Å². The summed E-state index contributed by atoms with van der Waals surface area (Å²) in [4.78, 5) is 14.6. The number of carbonyl (C=O) groups is 1. The Morgan fingerprint density at radius 2 is 2.04 bits per heavy atom. The van der Waals surface area contributed by atoms with E-state index in [9.17, 15) is 13.2 Å². The van der Waals surface area contributed by atoms with Crippen molar-refractivity contribution in [1.82, 2.24) is 9.71 Å². The number of pyridine rings is 1. The highest BCUT2D eigenvalue weighted by Crippen LogP contribution is 2.27. The van der Waals surface area contributed by atoms with E-state index < -0.39 is 22.0 Å². The minimum Gasteiger partial charge on any atom is -0.478 e. The summed E-state index contributed by atoms with van der Waals surface area (Å²) in [5.74, 6) is -1.33. The first-order chi connectivity index (χ1) is 11.4. The Morgan fingerprint density at radius 3 is 2.79 bits per heavy atom. The van der Waals surface area contributed by atoms with E-state index in [-0.39, 0.29) is 10.5 Å². The molecule has 0 bridgehead atoms. The lowest BCUT2D eigenvalue weighted by molar-refractivity contribution is 0.0692. The largest absolute Gasteiger partial charge is 0.478 e. The third-order valence-corrected chi connectivity index (χ3v) is 5.18. The van der Waals surface area contributed by atoms with E-state index >= 15 is 0 Å². The van der Waals surface area contributed by atoms with Crippen molar-refractivity contribution in [3.8, 4) is 0 Å². The van der Waals surface area contributed by atoms with Crippen LogP contribution in [0.1, 0.15) is 28.9 Å². The van der Waals surface area contributed by atoms with Gasteiger partial charge < -0.3 is 9.52 Å². The highest BCUT2D eigenvalue weighted by atomic mass is 32.2. The molecule has 2 N–H and O–H groups in total. The number of hydrogen-bond donors (Lipinski definition) is 2.